The van der Waals surface area contributed by atoms with E-state index in [0.29, 0.717) is 17.7 Å². The van der Waals surface area contributed by atoms with Crippen molar-refractivity contribution in [3.63, 3.8) is 0 Å². The lowest BCUT2D eigenvalue weighted by Gasteiger charge is -2.18. The number of nitrogens with one attached hydrogen (secondary N) is 1. The summed E-state index contributed by atoms with van der Waals surface area (Å²) in [6.07, 6.45) is -0.762. The van der Waals surface area contributed by atoms with Gasteiger partial charge >= 0.3 is 0 Å². The van der Waals surface area contributed by atoms with E-state index >= 15 is 0 Å². The number of hydrogen-bond acceptors (Lipinski definition) is 3. The van der Waals surface area contributed by atoms with Gasteiger partial charge in [0, 0.05) is 12.6 Å². The first kappa shape index (κ1) is 15.2. The van der Waals surface area contributed by atoms with Crippen molar-refractivity contribution in [3.05, 3.63) is 71.0 Å². The SMILES string of the molecule is CC(NCC(O)c1cccc(F)c1)c1ccc(C#N)cc1. The summed E-state index contributed by atoms with van der Waals surface area (Å²) in [6, 6.07) is 15.3. The number of nitriles is 1. The van der Waals surface area contributed by atoms with Crippen LogP contribution in [0.2, 0.25) is 0 Å². The number of rotatable bonds is 5. The van der Waals surface area contributed by atoms with Crippen molar-refractivity contribution in [1.82, 2.24) is 5.32 Å². The Labute approximate surface area is 123 Å². The van der Waals surface area contributed by atoms with Crippen LogP contribution < -0.4 is 5.32 Å². The van der Waals surface area contributed by atoms with E-state index < -0.39 is 6.10 Å². The molecule has 2 unspecified atom stereocenters. The zero-order valence-corrected chi connectivity index (χ0v) is 11.8. The van der Waals surface area contributed by atoms with Crippen LogP contribution in [0.5, 0.6) is 0 Å². The van der Waals surface area contributed by atoms with Gasteiger partial charge in [-0.25, -0.2) is 4.39 Å². The molecule has 0 aliphatic rings. The second-order valence-electron chi connectivity index (χ2n) is 4.93. The highest BCUT2D eigenvalue weighted by Crippen LogP contribution is 2.17. The first-order chi connectivity index (χ1) is 10.1. The molecule has 0 bridgehead atoms. The molecule has 21 heavy (non-hydrogen) atoms. The Kier molecular flexibility index (Phi) is 5.04. The summed E-state index contributed by atoms with van der Waals surface area (Å²) in [6.45, 7) is 2.30. The Morgan fingerprint density at radius 1 is 1.19 bits per heavy atom. The van der Waals surface area contributed by atoms with Gasteiger partial charge in [-0.1, -0.05) is 24.3 Å². The first-order valence-electron chi connectivity index (χ1n) is 6.77. The lowest BCUT2D eigenvalue weighted by Crippen LogP contribution is -2.24. The van der Waals surface area contributed by atoms with Crippen molar-refractivity contribution in [2.75, 3.05) is 6.54 Å². The van der Waals surface area contributed by atoms with Crippen LogP contribution in [0.15, 0.2) is 48.5 Å². The van der Waals surface area contributed by atoms with Crippen LogP contribution in [0, 0.1) is 17.1 Å². The topological polar surface area (TPSA) is 56.0 Å². The molecular formula is C17H17FN2O. The third-order valence-electron chi connectivity index (χ3n) is 3.39. The Morgan fingerprint density at radius 2 is 1.90 bits per heavy atom. The van der Waals surface area contributed by atoms with E-state index in [2.05, 4.69) is 11.4 Å². The fraction of sp³-hybridized carbons (Fsp3) is 0.235. The Bertz CT molecular complexity index is 634. The Morgan fingerprint density at radius 3 is 2.52 bits per heavy atom. The van der Waals surface area contributed by atoms with Crippen molar-refractivity contribution < 1.29 is 9.50 Å². The summed E-state index contributed by atoms with van der Waals surface area (Å²) in [7, 11) is 0. The Hall–Kier alpha value is -2.22. The lowest BCUT2D eigenvalue weighted by atomic mass is 10.1. The predicted molar refractivity (Wildman–Crippen MR) is 78.9 cm³/mol. The molecule has 0 radical (unpaired) electrons. The summed E-state index contributed by atoms with van der Waals surface area (Å²) in [5.74, 6) is -0.355. The molecule has 0 spiro atoms. The van der Waals surface area contributed by atoms with Gasteiger partial charge in [0.2, 0.25) is 0 Å². The van der Waals surface area contributed by atoms with Crippen LogP contribution in [0.25, 0.3) is 0 Å². The summed E-state index contributed by atoms with van der Waals surface area (Å²) in [4.78, 5) is 0. The highest BCUT2D eigenvalue weighted by atomic mass is 19.1. The van der Waals surface area contributed by atoms with Crippen molar-refractivity contribution in [2.24, 2.45) is 0 Å². The van der Waals surface area contributed by atoms with Gasteiger partial charge in [-0.2, -0.15) is 5.26 Å². The van der Waals surface area contributed by atoms with Gasteiger partial charge in [0.1, 0.15) is 5.82 Å². The van der Waals surface area contributed by atoms with Gasteiger partial charge in [0.25, 0.3) is 0 Å². The lowest BCUT2D eigenvalue weighted by molar-refractivity contribution is 0.170. The molecule has 2 rings (SSSR count). The average molecular weight is 284 g/mol. The second-order valence-corrected chi connectivity index (χ2v) is 4.93. The largest absolute Gasteiger partial charge is 0.387 e. The van der Waals surface area contributed by atoms with Crippen LogP contribution in [0.3, 0.4) is 0 Å². The monoisotopic (exact) mass is 284 g/mol. The molecule has 108 valence electrons. The number of hydrogen-bond donors (Lipinski definition) is 2. The first-order valence-corrected chi connectivity index (χ1v) is 6.77. The molecule has 0 fully saturated rings. The number of halogens is 1. The quantitative estimate of drug-likeness (QED) is 0.887. The van der Waals surface area contributed by atoms with Crippen molar-refractivity contribution in [1.29, 1.82) is 5.26 Å². The van der Waals surface area contributed by atoms with Gasteiger partial charge in [0.05, 0.1) is 17.7 Å². The van der Waals surface area contributed by atoms with Crippen molar-refractivity contribution >= 4 is 0 Å². The molecule has 0 heterocycles. The molecule has 3 nitrogen and oxygen atoms in total. The van der Waals surface area contributed by atoms with Crippen molar-refractivity contribution in [2.45, 2.75) is 19.1 Å². The minimum Gasteiger partial charge on any atom is -0.387 e. The van der Waals surface area contributed by atoms with Gasteiger partial charge in [-0.3, -0.25) is 0 Å². The molecule has 0 aliphatic heterocycles. The average Bonchev–Trinajstić information content (AvgIpc) is 2.52. The van der Waals surface area contributed by atoms with E-state index in [-0.39, 0.29) is 11.9 Å². The van der Waals surface area contributed by atoms with Gasteiger partial charge in [0.15, 0.2) is 0 Å². The van der Waals surface area contributed by atoms with Crippen LogP contribution in [-0.2, 0) is 0 Å². The van der Waals surface area contributed by atoms with Crippen LogP contribution in [0.1, 0.15) is 35.8 Å². The molecular weight excluding hydrogens is 267 g/mol. The molecule has 2 N–H and O–H groups in total. The van der Waals surface area contributed by atoms with E-state index in [4.69, 9.17) is 5.26 Å². The molecule has 0 aliphatic carbocycles. The molecule has 0 saturated carbocycles. The second kappa shape index (κ2) is 6.98. The number of benzene rings is 2. The maximum Gasteiger partial charge on any atom is 0.123 e. The summed E-state index contributed by atoms with van der Waals surface area (Å²) < 4.78 is 13.1. The molecule has 2 aromatic carbocycles. The molecule has 4 heteroatoms. The molecule has 2 aromatic rings. The summed E-state index contributed by atoms with van der Waals surface area (Å²) in [5.41, 5.74) is 2.20. The maximum atomic E-state index is 13.1. The fourth-order valence-corrected chi connectivity index (χ4v) is 2.08. The number of aliphatic hydroxyl groups is 1. The van der Waals surface area contributed by atoms with E-state index in [1.807, 2.05) is 19.1 Å². The van der Waals surface area contributed by atoms with Crippen LogP contribution >= 0.6 is 0 Å². The zero-order valence-electron chi connectivity index (χ0n) is 11.8. The van der Waals surface area contributed by atoms with E-state index in [1.165, 1.54) is 12.1 Å². The smallest absolute Gasteiger partial charge is 0.123 e. The zero-order chi connectivity index (χ0) is 15.2. The van der Waals surface area contributed by atoms with Crippen LogP contribution in [-0.4, -0.2) is 11.7 Å². The number of nitrogens with zero attached hydrogens (tertiary/aromatic N) is 1. The summed E-state index contributed by atoms with van der Waals surface area (Å²) >= 11 is 0. The van der Waals surface area contributed by atoms with Crippen molar-refractivity contribution in [3.8, 4) is 6.07 Å². The highest BCUT2D eigenvalue weighted by molar-refractivity contribution is 5.32. The van der Waals surface area contributed by atoms with E-state index in [9.17, 15) is 9.50 Å². The molecule has 2 atom stereocenters. The molecule has 0 amide bonds. The maximum absolute atomic E-state index is 13.1. The van der Waals surface area contributed by atoms with Gasteiger partial charge in [-0.05, 0) is 42.3 Å². The normalized spacial score (nSPS) is 13.4. The van der Waals surface area contributed by atoms with Gasteiger partial charge in [-0.15, -0.1) is 0 Å². The highest BCUT2D eigenvalue weighted by Gasteiger charge is 2.11. The third kappa shape index (κ3) is 4.12. The minimum absolute atomic E-state index is 0.0287. The fourth-order valence-electron chi connectivity index (χ4n) is 2.08. The molecule has 0 aromatic heterocycles. The van der Waals surface area contributed by atoms with Gasteiger partial charge < -0.3 is 10.4 Å². The van der Waals surface area contributed by atoms with E-state index in [1.54, 1.807) is 24.3 Å². The van der Waals surface area contributed by atoms with Crippen LogP contribution in [0.4, 0.5) is 4.39 Å². The third-order valence-corrected chi connectivity index (χ3v) is 3.39. The standard InChI is InChI=1S/C17H17FN2O/c1-12(14-7-5-13(10-19)6-8-14)20-11-17(21)15-3-2-4-16(18)9-15/h2-9,12,17,20-21H,11H2,1H3. The minimum atomic E-state index is -0.762. The Balaban J connectivity index is 1.94. The van der Waals surface area contributed by atoms with E-state index in [0.717, 1.165) is 5.56 Å². The predicted octanol–water partition coefficient (Wildman–Crippen LogP) is 3.08. The molecule has 0 saturated heterocycles. The number of aliphatic hydroxyl groups excluding tert-OH is 1. The summed E-state index contributed by atoms with van der Waals surface area (Å²) in [5, 5.41) is 22.0.